The summed E-state index contributed by atoms with van der Waals surface area (Å²) in [5, 5.41) is 0. The van der Waals surface area contributed by atoms with Crippen LogP contribution in [0.1, 0.15) is 27.8 Å². The number of benzene rings is 2. The molecule has 0 atom stereocenters. The van der Waals surface area contributed by atoms with E-state index in [4.69, 9.17) is 5.73 Å². The molecule has 2 aromatic rings. The molecule has 2 N–H and O–H groups in total. The summed E-state index contributed by atoms with van der Waals surface area (Å²) in [6.45, 7) is 2.57. The van der Waals surface area contributed by atoms with Crippen molar-refractivity contribution in [2.45, 2.75) is 19.9 Å². The number of nitrogens with zero attached hydrogens (tertiary/aromatic N) is 1. The second-order valence-corrected chi connectivity index (χ2v) is 4.91. The minimum Gasteiger partial charge on any atom is -0.383 e. The van der Waals surface area contributed by atoms with Gasteiger partial charge >= 0.3 is 0 Å². The number of fused-ring (bicyclic) bond motifs is 1. The highest BCUT2D eigenvalue weighted by Crippen LogP contribution is 2.22. The molecule has 2 aromatic carbocycles. The van der Waals surface area contributed by atoms with Gasteiger partial charge in [0.2, 0.25) is 0 Å². The van der Waals surface area contributed by atoms with Gasteiger partial charge in [0.15, 0.2) is 0 Å². The standard InChI is InChI=1S/C16H15FN2/c1-10-3-2-4-15(17)14(10)8-11-5-6-13-12(7-11)9-19-16(13)18/h2-7H,8-9H2,1H3,(H2,18,19). The van der Waals surface area contributed by atoms with Gasteiger partial charge in [0, 0.05) is 12.0 Å². The quantitative estimate of drug-likeness (QED) is 0.879. The summed E-state index contributed by atoms with van der Waals surface area (Å²) in [7, 11) is 0. The molecule has 0 amide bonds. The summed E-state index contributed by atoms with van der Waals surface area (Å²) < 4.78 is 13.8. The number of hydrogen-bond acceptors (Lipinski definition) is 2. The Labute approximate surface area is 111 Å². The van der Waals surface area contributed by atoms with Gasteiger partial charge in [0.25, 0.3) is 0 Å². The Balaban J connectivity index is 1.93. The Morgan fingerprint density at radius 2 is 2.11 bits per heavy atom. The van der Waals surface area contributed by atoms with Crippen molar-refractivity contribution in [2.24, 2.45) is 10.7 Å². The molecule has 1 heterocycles. The van der Waals surface area contributed by atoms with Gasteiger partial charge < -0.3 is 5.73 Å². The Kier molecular flexibility index (Phi) is 2.82. The number of nitrogens with two attached hydrogens (primary N) is 1. The van der Waals surface area contributed by atoms with Crippen LogP contribution in [0.2, 0.25) is 0 Å². The molecule has 0 radical (unpaired) electrons. The van der Waals surface area contributed by atoms with Crippen molar-refractivity contribution in [3.05, 3.63) is 70.0 Å². The van der Waals surface area contributed by atoms with E-state index in [9.17, 15) is 4.39 Å². The van der Waals surface area contributed by atoms with Gasteiger partial charge in [-0.05, 0) is 35.2 Å². The van der Waals surface area contributed by atoms with Gasteiger partial charge in [-0.3, -0.25) is 4.99 Å². The average molecular weight is 254 g/mol. The molecule has 0 spiro atoms. The molecule has 0 saturated carbocycles. The zero-order chi connectivity index (χ0) is 13.4. The molecule has 1 aliphatic rings. The SMILES string of the molecule is Cc1cccc(F)c1Cc1ccc2c(c1)CN=C2N. The first-order valence-corrected chi connectivity index (χ1v) is 6.31. The molecule has 0 aliphatic carbocycles. The fraction of sp³-hybridized carbons (Fsp3) is 0.188. The largest absolute Gasteiger partial charge is 0.383 e. The molecule has 1 aliphatic heterocycles. The second kappa shape index (κ2) is 4.50. The molecule has 19 heavy (non-hydrogen) atoms. The monoisotopic (exact) mass is 254 g/mol. The van der Waals surface area contributed by atoms with E-state index < -0.39 is 0 Å². The van der Waals surface area contributed by atoms with Crippen LogP contribution in [0.25, 0.3) is 0 Å². The molecule has 0 unspecified atom stereocenters. The maximum atomic E-state index is 13.8. The fourth-order valence-corrected chi connectivity index (χ4v) is 2.49. The summed E-state index contributed by atoms with van der Waals surface area (Å²) in [6, 6.07) is 11.2. The zero-order valence-corrected chi connectivity index (χ0v) is 10.8. The van der Waals surface area contributed by atoms with Gasteiger partial charge in [-0.2, -0.15) is 0 Å². The third-order valence-electron chi connectivity index (χ3n) is 3.60. The number of rotatable bonds is 2. The first-order valence-electron chi connectivity index (χ1n) is 6.31. The van der Waals surface area contributed by atoms with E-state index in [2.05, 4.69) is 11.1 Å². The van der Waals surface area contributed by atoms with Gasteiger partial charge in [0.1, 0.15) is 11.7 Å². The lowest BCUT2D eigenvalue weighted by Crippen LogP contribution is -2.10. The number of amidine groups is 1. The molecule has 96 valence electrons. The Hall–Kier alpha value is -2.16. The topological polar surface area (TPSA) is 38.4 Å². The van der Waals surface area contributed by atoms with Crippen molar-refractivity contribution in [1.82, 2.24) is 0 Å². The lowest BCUT2D eigenvalue weighted by molar-refractivity contribution is 0.612. The summed E-state index contributed by atoms with van der Waals surface area (Å²) in [5.41, 5.74) is 10.8. The maximum absolute atomic E-state index is 13.8. The second-order valence-electron chi connectivity index (χ2n) is 4.91. The first-order chi connectivity index (χ1) is 9.15. The van der Waals surface area contributed by atoms with E-state index in [1.807, 2.05) is 25.1 Å². The van der Waals surface area contributed by atoms with Crippen molar-refractivity contribution in [3.63, 3.8) is 0 Å². The average Bonchev–Trinajstić information content (AvgIpc) is 2.76. The Morgan fingerprint density at radius 3 is 2.89 bits per heavy atom. The summed E-state index contributed by atoms with van der Waals surface area (Å²) >= 11 is 0. The highest BCUT2D eigenvalue weighted by atomic mass is 19.1. The minimum absolute atomic E-state index is 0.142. The number of aliphatic imine (C=N–C) groups is 1. The van der Waals surface area contributed by atoms with E-state index in [0.717, 1.165) is 27.8 Å². The van der Waals surface area contributed by atoms with Crippen molar-refractivity contribution in [1.29, 1.82) is 0 Å². The van der Waals surface area contributed by atoms with Crippen LogP contribution in [-0.4, -0.2) is 5.84 Å². The van der Waals surface area contributed by atoms with Gasteiger partial charge in [-0.15, -0.1) is 0 Å². The van der Waals surface area contributed by atoms with Crippen LogP contribution in [0, 0.1) is 12.7 Å². The van der Waals surface area contributed by atoms with Gasteiger partial charge in [0.05, 0.1) is 6.54 Å². The van der Waals surface area contributed by atoms with E-state index >= 15 is 0 Å². The van der Waals surface area contributed by atoms with Crippen LogP contribution in [0.3, 0.4) is 0 Å². The highest BCUT2D eigenvalue weighted by molar-refractivity contribution is 6.00. The van der Waals surface area contributed by atoms with Crippen LogP contribution < -0.4 is 5.73 Å². The number of hydrogen-bond donors (Lipinski definition) is 1. The number of aryl methyl sites for hydroxylation is 1. The van der Waals surface area contributed by atoms with E-state index in [1.54, 1.807) is 6.07 Å². The molecule has 0 fully saturated rings. The normalized spacial score (nSPS) is 13.3. The summed E-state index contributed by atoms with van der Waals surface area (Å²) in [5.74, 6) is 0.458. The molecule has 3 rings (SSSR count). The summed E-state index contributed by atoms with van der Waals surface area (Å²) in [4.78, 5) is 4.21. The lowest BCUT2D eigenvalue weighted by atomic mass is 9.97. The molecular formula is C16H15FN2. The van der Waals surface area contributed by atoms with E-state index in [1.165, 1.54) is 6.07 Å². The Bertz CT molecular complexity index is 654. The maximum Gasteiger partial charge on any atom is 0.126 e. The molecule has 2 nitrogen and oxygen atoms in total. The smallest absolute Gasteiger partial charge is 0.126 e. The molecular weight excluding hydrogens is 239 g/mol. The predicted octanol–water partition coefficient (Wildman–Crippen LogP) is 2.94. The van der Waals surface area contributed by atoms with Crippen LogP contribution in [-0.2, 0) is 13.0 Å². The Morgan fingerprint density at radius 1 is 1.26 bits per heavy atom. The van der Waals surface area contributed by atoms with Crippen molar-refractivity contribution < 1.29 is 4.39 Å². The van der Waals surface area contributed by atoms with E-state index in [0.29, 0.717) is 18.8 Å². The van der Waals surface area contributed by atoms with Crippen LogP contribution in [0.5, 0.6) is 0 Å². The molecule has 0 aromatic heterocycles. The lowest BCUT2D eigenvalue weighted by Gasteiger charge is -2.09. The fourth-order valence-electron chi connectivity index (χ4n) is 2.49. The summed E-state index contributed by atoms with van der Waals surface area (Å²) in [6.07, 6.45) is 0.603. The van der Waals surface area contributed by atoms with Crippen molar-refractivity contribution >= 4 is 5.84 Å². The molecule has 0 bridgehead atoms. The van der Waals surface area contributed by atoms with E-state index in [-0.39, 0.29) is 5.82 Å². The van der Waals surface area contributed by atoms with Crippen LogP contribution in [0.15, 0.2) is 41.4 Å². The van der Waals surface area contributed by atoms with Crippen LogP contribution in [0.4, 0.5) is 4.39 Å². The third-order valence-corrected chi connectivity index (χ3v) is 3.60. The zero-order valence-electron chi connectivity index (χ0n) is 10.8. The van der Waals surface area contributed by atoms with Crippen molar-refractivity contribution in [2.75, 3.05) is 0 Å². The minimum atomic E-state index is -0.142. The third kappa shape index (κ3) is 2.12. The molecule has 0 saturated heterocycles. The number of halogens is 1. The van der Waals surface area contributed by atoms with Crippen LogP contribution >= 0.6 is 0 Å². The van der Waals surface area contributed by atoms with Gasteiger partial charge in [-0.1, -0.05) is 30.3 Å². The van der Waals surface area contributed by atoms with Crippen molar-refractivity contribution in [3.8, 4) is 0 Å². The predicted molar refractivity (Wildman–Crippen MR) is 74.8 cm³/mol. The first kappa shape index (κ1) is 11.9. The van der Waals surface area contributed by atoms with Gasteiger partial charge in [-0.25, -0.2) is 4.39 Å². The highest BCUT2D eigenvalue weighted by Gasteiger charge is 2.14. The molecule has 3 heteroatoms.